The lowest BCUT2D eigenvalue weighted by atomic mass is 9.82. The first-order valence-electron chi connectivity index (χ1n) is 8.68. The van der Waals surface area contributed by atoms with Gasteiger partial charge in [0, 0.05) is 17.9 Å². The van der Waals surface area contributed by atoms with E-state index in [-0.39, 0.29) is 28.5 Å². The largest absolute Gasteiger partial charge is 0.495 e. The van der Waals surface area contributed by atoms with E-state index in [2.05, 4.69) is 15.6 Å². The molecule has 1 atom stereocenters. The van der Waals surface area contributed by atoms with Crippen molar-refractivity contribution in [3.63, 3.8) is 0 Å². The number of ether oxygens (including phenoxy) is 1. The maximum atomic E-state index is 13.4. The molecule has 1 aromatic carbocycles. The number of aliphatic imine (C=N–C) groups is 1. The number of sulfone groups is 1. The SMILES string of the molecule is CCC1(N)C=C(Nc2ccc(S(C)(=O)=O)cc2OC)NC2=NCC(C(F)(F)F)=C21. The summed E-state index contributed by atoms with van der Waals surface area (Å²) >= 11 is 0. The maximum Gasteiger partial charge on any atom is 0.414 e. The average molecular weight is 430 g/mol. The van der Waals surface area contributed by atoms with Crippen molar-refractivity contribution in [2.45, 2.75) is 30.0 Å². The van der Waals surface area contributed by atoms with Gasteiger partial charge in [-0.1, -0.05) is 6.92 Å². The van der Waals surface area contributed by atoms with E-state index in [0.29, 0.717) is 11.5 Å². The van der Waals surface area contributed by atoms with Gasteiger partial charge in [0.15, 0.2) is 9.84 Å². The van der Waals surface area contributed by atoms with Crippen LogP contribution in [0.5, 0.6) is 5.75 Å². The van der Waals surface area contributed by atoms with Gasteiger partial charge in [-0.3, -0.25) is 4.99 Å². The van der Waals surface area contributed by atoms with Gasteiger partial charge in [0.25, 0.3) is 0 Å². The molecule has 158 valence electrons. The molecule has 0 spiro atoms. The van der Waals surface area contributed by atoms with Gasteiger partial charge in [-0.2, -0.15) is 13.2 Å². The molecule has 1 unspecified atom stereocenters. The van der Waals surface area contributed by atoms with Crippen molar-refractivity contribution in [3.05, 3.63) is 41.2 Å². The molecule has 0 saturated heterocycles. The molecule has 2 aliphatic rings. The molecule has 3 rings (SSSR count). The molecule has 2 heterocycles. The van der Waals surface area contributed by atoms with Crippen molar-refractivity contribution in [3.8, 4) is 5.75 Å². The minimum atomic E-state index is -4.52. The Balaban J connectivity index is 2.00. The average Bonchev–Trinajstić information content (AvgIpc) is 3.06. The molecule has 1 aromatic rings. The number of rotatable bonds is 5. The second-order valence-electron chi connectivity index (χ2n) is 6.85. The second-order valence-corrected chi connectivity index (χ2v) is 8.87. The fourth-order valence-electron chi connectivity index (χ4n) is 3.28. The number of amidine groups is 1. The lowest BCUT2D eigenvalue weighted by Crippen LogP contribution is -2.51. The van der Waals surface area contributed by atoms with Gasteiger partial charge in [-0.05, 0) is 24.6 Å². The van der Waals surface area contributed by atoms with Crippen LogP contribution in [0.3, 0.4) is 0 Å². The third-order valence-corrected chi connectivity index (χ3v) is 5.96. The van der Waals surface area contributed by atoms with Gasteiger partial charge < -0.3 is 21.1 Å². The Labute approximate surface area is 166 Å². The number of methoxy groups -OCH3 is 1. The molecule has 7 nitrogen and oxygen atoms in total. The number of nitrogens with one attached hydrogen (secondary N) is 2. The van der Waals surface area contributed by atoms with Gasteiger partial charge in [0.05, 0.1) is 35.3 Å². The van der Waals surface area contributed by atoms with E-state index in [1.54, 1.807) is 6.92 Å². The van der Waals surface area contributed by atoms with Crippen molar-refractivity contribution in [2.24, 2.45) is 10.7 Å². The van der Waals surface area contributed by atoms with Crippen molar-refractivity contribution in [1.82, 2.24) is 5.32 Å². The number of hydrogen-bond donors (Lipinski definition) is 3. The maximum absolute atomic E-state index is 13.4. The zero-order chi connectivity index (χ0) is 21.6. The third kappa shape index (κ3) is 3.97. The summed E-state index contributed by atoms with van der Waals surface area (Å²) in [6.07, 6.45) is -1.75. The van der Waals surface area contributed by atoms with Crippen LogP contribution in [0.15, 0.2) is 51.1 Å². The highest BCUT2D eigenvalue weighted by molar-refractivity contribution is 7.90. The van der Waals surface area contributed by atoms with Crippen LogP contribution in [0.25, 0.3) is 0 Å². The number of nitrogens with zero attached hydrogens (tertiary/aromatic N) is 1. The summed E-state index contributed by atoms with van der Waals surface area (Å²) in [7, 11) is -2.05. The Morgan fingerprint density at radius 1 is 1.38 bits per heavy atom. The summed E-state index contributed by atoms with van der Waals surface area (Å²) in [4.78, 5) is 4.05. The zero-order valence-electron chi connectivity index (χ0n) is 16.0. The first-order valence-corrected chi connectivity index (χ1v) is 10.6. The van der Waals surface area contributed by atoms with Gasteiger partial charge in [-0.25, -0.2) is 8.42 Å². The van der Waals surface area contributed by atoms with Gasteiger partial charge in [-0.15, -0.1) is 0 Å². The van der Waals surface area contributed by atoms with Gasteiger partial charge >= 0.3 is 6.18 Å². The fourth-order valence-corrected chi connectivity index (χ4v) is 3.92. The summed E-state index contributed by atoms with van der Waals surface area (Å²) < 4.78 is 68.8. The van der Waals surface area contributed by atoms with Gasteiger partial charge in [0.2, 0.25) is 0 Å². The molecule has 0 radical (unpaired) electrons. The molecule has 0 amide bonds. The second kappa shape index (κ2) is 7.06. The predicted molar refractivity (Wildman–Crippen MR) is 104 cm³/mol. The van der Waals surface area contributed by atoms with Crippen LogP contribution in [-0.4, -0.2) is 45.9 Å². The zero-order valence-corrected chi connectivity index (χ0v) is 16.8. The quantitative estimate of drug-likeness (QED) is 0.662. The highest BCUT2D eigenvalue weighted by Gasteiger charge is 2.47. The number of benzene rings is 1. The molecule has 0 saturated carbocycles. The van der Waals surface area contributed by atoms with Crippen LogP contribution in [0, 0.1) is 0 Å². The smallest absolute Gasteiger partial charge is 0.414 e. The first kappa shape index (κ1) is 21.2. The van der Waals surface area contributed by atoms with Crippen molar-refractivity contribution >= 4 is 21.4 Å². The molecule has 0 aliphatic carbocycles. The molecule has 0 fully saturated rings. The number of alkyl halides is 3. The highest BCUT2D eigenvalue weighted by atomic mass is 32.2. The molecule has 0 aromatic heterocycles. The monoisotopic (exact) mass is 430 g/mol. The summed E-state index contributed by atoms with van der Waals surface area (Å²) in [5.41, 5.74) is 4.56. The van der Waals surface area contributed by atoms with E-state index < -0.39 is 33.7 Å². The van der Waals surface area contributed by atoms with E-state index >= 15 is 0 Å². The number of hydrogen-bond acceptors (Lipinski definition) is 7. The van der Waals surface area contributed by atoms with Crippen molar-refractivity contribution in [1.29, 1.82) is 0 Å². The summed E-state index contributed by atoms with van der Waals surface area (Å²) in [6.45, 7) is 1.20. The summed E-state index contributed by atoms with van der Waals surface area (Å²) in [5.74, 6) is 0.643. The normalized spacial score (nSPS) is 21.9. The summed E-state index contributed by atoms with van der Waals surface area (Å²) in [6, 6.07) is 4.26. The molecule has 29 heavy (non-hydrogen) atoms. The van der Waals surface area contributed by atoms with E-state index in [4.69, 9.17) is 10.5 Å². The standard InChI is InChI=1S/C18H21F3N4O3S/c1-4-17(22)8-14(25-16-15(17)11(9-23-16)18(19,20)21)24-12-6-5-10(29(3,26)27)7-13(12)28-2/h5-8,24H,4,9,22H2,1-3H3,(H,23,25). The molecule has 2 aliphatic heterocycles. The summed E-state index contributed by atoms with van der Waals surface area (Å²) in [5, 5.41) is 5.84. The van der Waals surface area contributed by atoms with Crippen LogP contribution in [0.2, 0.25) is 0 Å². The Morgan fingerprint density at radius 3 is 2.62 bits per heavy atom. The van der Waals surface area contributed by atoms with E-state index in [1.165, 1.54) is 31.4 Å². The molecule has 0 bridgehead atoms. The minimum Gasteiger partial charge on any atom is -0.495 e. The Bertz CT molecular complexity index is 1040. The van der Waals surface area contributed by atoms with E-state index in [1.807, 2.05) is 0 Å². The number of fused-ring (bicyclic) bond motifs is 1. The van der Waals surface area contributed by atoms with Crippen LogP contribution in [0.4, 0.5) is 18.9 Å². The topological polar surface area (TPSA) is 106 Å². The minimum absolute atomic E-state index is 0.0579. The van der Waals surface area contributed by atoms with Crippen LogP contribution < -0.4 is 21.1 Å². The van der Waals surface area contributed by atoms with Crippen molar-refractivity contribution in [2.75, 3.05) is 25.2 Å². The Hall–Kier alpha value is -2.53. The van der Waals surface area contributed by atoms with Crippen molar-refractivity contribution < 1.29 is 26.3 Å². The third-order valence-electron chi connectivity index (χ3n) is 4.85. The van der Waals surface area contributed by atoms with Gasteiger partial charge in [0.1, 0.15) is 17.4 Å². The van der Waals surface area contributed by atoms with Crippen LogP contribution in [-0.2, 0) is 9.84 Å². The lowest BCUT2D eigenvalue weighted by molar-refractivity contribution is -0.0927. The molecular weight excluding hydrogens is 409 g/mol. The predicted octanol–water partition coefficient (Wildman–Crippen LogP) is 2.33. The first-order chi connectivity index (χ1) is 13.4. The molecule has 4 N–H and O–H groups in total. The van der Waals surface area contributed by atoms with Crippen LogP contribution >= 0.6 is 0 Å². The van der Waals surface area contributed by atoms with E-state index in [0.717, 1.165) is 6.26 Å². The fraction of sp³-hybridized carbons (Fsp3) is 0.389. The highest BCUT2D eigenvalue weighted by Crippen LogP contribution is 2.40. The molecular formula is C18H21F3N4O3S. The Morgan fingerprint density at radius 2 is 2.07 bits per heavy atom. The number of halogens is 3. The van der Waals surface area contributed by atoms with E-state index in [9.17, 15) is 21.6 Å². The van der Waals surface area contributed by atoms with Crippen LogP contribution in [0.1, 0.15) is 13.3 Å². The number of anilines is 1. The number of nitrogens with two attached hydrogens (primary N) is 1. The molecule has 11 heteroatoms. The lowest BCUT2D eigenvalue weighted by Gasteiger charge is -2.35. The Kier molecular flexibility index (Phi) is 5.16.